The number of nitrogens with one attached hydrogen (secondary N) is 1. The van der Waals surface area contributed by atoms with E-state index in [0.717, 1.165) is 28.2 Å². The molecule has 0 aliphatic carbocycles. The average molecular weight is 310 g/mol. The van der Waals surface area contributed by atoms with Crippen LogP contribution in [-0.4, -0.2) is 18.0 Å². The van der Waals surface area contributed by atoms with Crippen molar-refractivity contribution in [2.24, 2.45) is 0 Å². The summed E-state index contributed by atoms with van der Waals surface area (Å²) in [4.78, 5) is 16.8. The Morgan fingerprint density at radius 3 is 2.74 bits per heavy atom. The van der Waals surface area contributed by atoms with Crippen molar-refractivity contribution >= 4 is 16.8 Å². The van der Waals surface area contributed by atoms with Crippen molar-refractivity contribution in [3.63, 3.8) is 0 Å². The smallest absolute Gasteiger partial charge is 0.270 e. The molecule has 3 aromatic rings. The van der Waals surface area contributed by atoms with E-state index >= 15 is 0 Å². The highest BCUT2D eigenvalue weighted by molar-refractivity contribution is 5.95. The molecule has 0 fully saturated rings. The van der Waals surface area contributed by atoms with Crippen LogP contribution in [0.15, 0.2) is 46.9 Å². The molecule has 0 radical (unpaired) electrons. The van der Waals surface area contributed by atoms with Crippen LogP contribution < -0.4 is 10.1 Å². The minimum atomic E-state index is -0.232. The predicted octanol–water partition coefficient (Wildman–Crippen LogP) is 3.64. The summed E-state index contributed by atoms with van der Waals surface area (Å²) in [6.07, 6.45) is 0. The van der Waals surface area contributed by atoms with Gasteiger partial charge in [-0.3, -0.25) is 4.79 Å². The van der Waals surface area contributed by atoms with Gasteiger partial charge >= 0.3 is 0 Å². The summed E-state index contributed by atoms with van der Waals surface area (Å²) in [5.74, 6) is 2.07. The van der Waals surface area contributed by atoms with Gasteiger partial charge in [-0.2, -0.15) is 0 Å². The first kappa shape index (κ1) is 15.1. The number of rotatable bonds is 4. The van der Waals surface area contributed by atoms with Gasteiger partial charge in [0.2, 0.25) is 0 Å². The van der Waals surface area contributed by atoms with Gasteiger partial charge < -0.3 is 14.5 Å². The van der Waals surface area contributed by atoms with E-state index in [2.05, 4.69) is 10.3 Å². The molecule has 1 N–H and O–H groups in total. The summed E-state index contributed by atoms with van der Waals surface area (Å²) < 4.78 is 10.7. The topological polar surface area (TPSA) is 64.4 Å². The van der Waals surface area contributed by atoms with Gasteiger partial charge in [0.15, 0.2) is 0 Å². The Balaban J connectivity index is 1.80. The number of pyridine rings is 1. The van der Waals surface area contributed by atoms with E-state index < -0.39 is 0 Å². The number of hydrogen-bond acceptors (Lipinski definition) is 4. The second-order valence-corrected chi connectivity index (χ2v) is 5.40. The first-order valence-corrected chi connectivity index (χ1v) is 7.39. The van der Waals surface area contributed by atoms with Gasteiger partial charge in [-0.25, -0.2) is 4.98 Å². The van der Waals surface area contributed by atoms with Crippen molar-refractivity contribution in [3.05, 3.63) is 59.7 Å². The highest BCUT2D eigenvalue weighted by Crippen LogP contribution is 2.20. The second kappa shape index (κ2) is 6.12. The Bertz CT molecular complexity index is 854. The number of furan rings is 1. The molecule has 0 bridgehead atoms. The van der Waals surface area contributed by atoms with Crippen LogP contribution in [0.1, 0.15) is 35.0 Å². The summed E-state index contributed by atoms with van der Waals surface area (Å²) in [5, 5.41) is 3.82. The largest absolute Gasteiger partial charge is 0.497 e. The molecule has 2 aromatic heterocycles. The van der Waals surface area contributed by atoms with Crippen molar-refractivity contribution < 1.29 is 13.9 Å². The maximum absolute atomic E-state index is 12.4. The molecule has 5 heteroatoms. The average Bonchev–Trinajstić information content (AvgIpc) is 3.00. The third-order valence-electron chi connectivity index (χ3n) is 3.66. The number of carbonyl (C=O) groups excluding carboxylic acids is 1. The zero-order valence-electron chi connectivity index (χ0n) is 13.3. The summed E-state index contributed by atoms with van der Waals surface area (Å²) in [6, 6.07) is 12.6. The van der Waals surface area contributed by atoms with E-state index in [1.54, 1.807) is 13.2 Å². The quantitative estimate of drug-likeness (QED) is 0.799. The zero-order valence-corrected chi connectivity index (χ0v) is 13.3. The number of methoxy groups -OCH3 is 1. The van der Waals surface area contributed by atoms with Crippen molar-refractivity contribution in [3.8, 4) is 5.75 Å². The van der Waals surface area contributed by atoms with Crippen molar-refractivity contribution in [2.45, 2.75) is 19.9 Å². The van der Waals surface area contributed by atoms with E-state index in [4.69, 9.17) is 9.15 Å². The molecule has 23 heavy (non-hydrogen) atoms. The molecule has 1 atom stereocenters. The summed E-state index contributed by atoms with van der Waals surface area (Å²) in [6.45, 7) is 3.75. The molecule has 1 aromatic carbocycles. The molecule has 0 spiro atoms. The third kappa shape index (κ3) is 3.18. The van der Waals surface area contributed by atoms with Gasteiger partial charge in [-0.1, -0.05) is 6.07 Å². The third-order valence-corrected chi connectivity index (χ3v) is 3.66. The molecule has 0 saturated carbocycles. The van der Waals surface area contributed by atoms with Crippen LogP contribution in [0.4, 0.5) is 0 Å². The van der Waals surface area contributed by atoms with E-state index in [1.807, 2.05) is 50.2 Å². The zero-order chi connectivity index (χ0) is 16.4. The highest BCUT2D eigenvalue weighted by atomic mass is 16.5. The SMILES string of the molecule is COc1ccc2nc(C(=O)NC(C)c3ccc(C)o3)ccc2c1. The summed E-state index contributed by atoms with van der Waals surface area (Å²) in [7, 11) is 1.62. The van der Waals surface area contributed by atoms with E-state index in [9.17, 15) is 4.79 Å². The van der Waals surface area contributed by atoms with Gasteiger partial charge in [-0.15, -0.1) is 0 Å². The predicted molar refractivity (Wildman–Crippen MR) is 87.6 cm³/mol. The van der Waals surface area contributed by atoms with Crippen LogP contribution in [0, 0.1) is 6.92 Å². The molecule has 1 unspecified atom stereocenters. The number of carbonyl (C=O) groups is 1. The Morgan fingerprint density at radius 1 is 1.22 bits per heavy atom. The second-order valence-electron chi connectivity index (χ2n) is 5.40. The number of aryl methyl sites for hydroxylation is 1. The number of aromatic nitrogens is 1. The van der Waals surface area contributed by atoms with Crippen molar-refractivity contribution in [1.82, 2.24) is 10.3 Å². The molecular weight excluding hydrogens is 292 g/mol. The monoisotopic (exact) mass is 310 g/mol. The molecule has 3 rings (SSSR count). The molecular formula is C18H18N2O3. The normalized spacial score (nSPS) is 12.1. The lowest BCUT2D eigenvalue weighted by Gasteiger charge is -2.11. The molecule has 5 nitrogen and oxygen atoms in total. The Morgan fingerprint density at radius 2 is 2.04 bits per heavy atom. The number of amides is 1. The van der Waals surface area contributed by atoms with Crippen LogP contribution in [0.5, 0.6) is 5.75 Å². The van der Waals surface area contributed by atoms with Gasteiger partial charge in [-0.05, 0) is 50.2 Å². The lowest BCUT2D eigenvalue weighted by atomic mass is 10.2. The fourth-order valence-electron chi connectivity index (χ4n) is 2.38. The van der Waals surface area contributed by atoms with E-state index in [0.29, 0.717) is 5.69 Å². The molecule has 1 amide bonds. The first-order valence-electron chi connectivity index (χ1n) is 7.39. The van der Waals surface area contributed by atoms with Gasteiger partial charge in [0, 0.05) is 5.39 Å². The standard InChI is InChI=1S/C18H18N2O3/c1-11-4-9-17(23-11)12(2)19-18(21)16-7-5-13-10-14(22-3)6-8-15(13)20-16/h4-10,12H,1-3H3,(H,19,21). The minimum Gasteiger partial charge on any atom is -0.497 e. The van der Waals surface area contributed by atoms with Crippen LogP contribution in [0.3, 0.4) is 0 Å². The fourth-order valence-corrected chi connectivity index (χ4v) is 2.38. The van der Waals surface area contributed by atoms with Gasteiger partial charge in [0.25, 0.3) is 5.91 Å². The van der Waals surface area contributed by atoms with Crippen LogP contribution in [-0.2, 0) is 0 Å². The highest BCUT2D eigenvalue weighted by Gasteiger charge is 2.15. The number of fused-ring (bicyclic) bond motifs is 1. The first-order chi connectivity index (χ1) is 11.1. The van der Waals surface area contributed by atoms with Crippen molar-refractivity contribution in [2.75, 3.05) is 7.11 Å². The van der Waals surface area contributed by atoms with Crippen LogP contribution >= 0.6 is 0 Å². The number of hydrogen-bond donors (Lipinski definition) is 1. The maximum atomic E-state index is 12.4. The van der Waals surface area contributed by atoms with Crippen LogP contribution in [0.25, 0.3) is 10.9 Å². The molecule has 0 aliphatic heterocycles. The van der Waals surface area contributed by atoms with Crippen LogP contribution in [0.2, 0.25) is 0 Å². The maximum Gasteiger partial charge on any atom is 0.270 e. The minimum absolute atomic E-state index is 0.218. The van der Waals surface area contributed by atoms with Gasteiger partial charge in [0.1, 0.15) is 23.0 Å². The fraction of sp³-hybridized carbons (Fsp3) is 0.222. The number of nitrogens with zero attached hydrogens (tertiary/aromatic N) is 1. The Kier molecular flexibility index (Phi) is 4.02. The Labute approximate surface area is 134 Å². The number of benzene rings is 1. The lowest BCUT2D eigenvalue weighted by Crippen LogP contribution is -2.27. The summed E-state index contributed by atoms with van der Waals surface area (Å²) in [5.41, 5.74) is 1.12. The molecule has 2 heterocycles. The van der Waals surface area contributed by atoms with Gasteiger partial charge in [0.05, 0.1) is 18.7 Å². The van der Waals surface area contributed by atoms with Crippen molar-refractivity contribution in [1.29, 1.82) is 0 Å². The van der Waals surface area contributed by atoms with E-state index in [1.165, 1.54) is 0 Å². The molecule has 0 saturated heterocycles. The Hall–Kier alpha value is -2.82. The van der Waals surface area contributed by atoms with E-state index in [-0.39, 0.29) is 11.9 Å². The molecule has 118 valence electrons. The molecule has 0 aliphatic rings. The lowest BCUT2D eigenvalue weighted by molar-refractivity contribution is 0.0930. The summed E-state index contributed by atoms with van der Waals surface area (Å²) >= 11 is 0. The number of ether oxygens (including phenoxy) is 1.